The highest BCUT2D eigenvalue weighted by atomic mass is 16.5. The van der Waals surface area contributed by atoms with Gasteiger partial charge in [-0.15, -0.1) is 0 Å². The zero-order valence-corrected chi connectivity index (χ0v) is 13.5. The van der Waals surface area contributed by atoms with Gasteiger partial charge in [0.05, 0.1) is 7.11 Å². The highest BCUT2D eigenvalue weighted by molar-refractivity contribution is 5.78. The van der Waals surface area contributed by atoms with Crippen molar-refractivity contribution in [3.05, 3.63) is 29.3 Å². The average molecular weight is 290 g/mol. The van der Waals surface area contributed by atoms with Crippen LogP contribution in [0.2, 0.25) is 0 Å². The standard InChI is InChI=1S/C17H26N2O2/c1-12(2)14-8-17(20)19(10-14)11-15-7-13(9-18-3)5-6-16(15)21-4/h5-7,12,14,18H,8-11H2,1-4H3. The van der Waals surface area contributed by atoms with E-state index in [4.69, 9.17) is 4.74 Å². The van der Waals surface area contributed by atoms with E-state index in [0.29, 0.717) is 24.8 Å². The molecule has 0 spiro atoms. The Bertz CT molecular complexity index is 500. The van der Waals surface area contributed by atoms with E-state index in [1.54, 1.807) is 7.11 Å². The summed E-state index contributed by atoms with van der Waals surface area (Å²) in [5.74, 6) is 2.14. The minimum Gasteiger partial charge on any atom is -0.496 e. The van der Waals surface area contributed by atoms with Crippen molar-refractivity contribution in [1.82, 2.24) is 10.2 Å². The maximum Gasteiger partial charge on any atom is 0.223 e. The molecule has 1 aromatic rings. The van der Waals surface area contributed by atoms with Crippen molar-refractivity contribution in [3.8, 4) is 5.75 Å². The third-order valence-electron chi connectivity index (χ3n) is 4.27. The van der Waals surface area contributed by atoms with E-state index in [0.717, 1.165) is 24.4 Å². The number of methoxy groups -OCH3 is 1. The summed E-state index contributed by atoms with van der Waals surface area (Å²) < 4.78 is 5.44. The van der Waals surface area contributed by atoms with Crippen LogP contribution in [0.1, 0.15) is 31.4 Å². The normalized spacial score (nSPS) is 18.6. The van der Waals surface area contributed by atoms with Crippen molar-refractivity contribution in [3.63, 3.8) is 0 Å². The molecule has 1 atom stereocenters. The Kier molecular flexibility index (Phi) is 5.23. The van der Waals surface area contributed by atoms with Crippen molar-refractivity contribution in [2.24, 2.45) is 11.8 Å². The molecule has 1 fully saturated rings. The molecule has 0 aromatic heterocycles. The van der Waals surface area contributed by atoms with Crippen LogP contribution in [-0.4, -0.2) is 31.5 Å². The smallest absolute Gasteiger partial charge is 0.223 e. The van der Waals surface area contributed by atoms with Crippen LogP contribution in [0, 0.1) is 11.8 Å². The predicted octanol–water partition coefficient (Wildman–Crippen LogP) is 2.42. The second-order valence-corrected chi connectivity index (χ2v) is 6.16. The molecule has 2 rings (SSSR count). The second-order valence-electron chi connectivity index (χ2n) is 6.16. The van der Waals surface area contributed by atoms with Gasteiger partial charge in [0.1, 0.15) is 5.75 Å². The van der Waals surface area contributed by atoms with Gasteiger partial charge in [0.25, 0.3) is 0 Å². The molecular formula is C17H26N2O2. The van der Waals surface area contributed by atoms with Crippen molar-refractivity contribution in [1.29, 1.82) is 0 Å². The molecule has 1 N–H and O–H groups in total. The van der Waals surface area contributed by atoms with Crippen LogP contribution < -0.4 is 10.1 Å². The maximum absolute atomic E-state index is 12.2. The Morgan fingerprint density at radius 2 is 2.19 bits per heavy atom. The molecule has 4 nitrogen and oxygen atoms in total. The molecule has 1 aromatic carbocycles. The number of ether oxygens (including phenoxy) is 1. The molecular weight excluding hydrogens is 264 g/mol. The van der Waals surface area contributed by atoms with Crippen LogP contribution in [0.4, 0.5) is 0 Å². The van der Waals surface area contributed by atoms with Crippen LogP contribution in [-0.2, 0) is 17.9 Å². The number of nitrogens with one attached hydrogen (secondary N) is 1. The molecule has 0 radical (unpaired) electrons. The topological polar surface area (TPSA) is 41.6 Å². The number of likely N-dealkylation sites (tertiary alicyclic amines) is 1. The van der Waals surface area contributed by atoms with E-state index in [9.17, 15) is 4.79 Å². The fourth-order valence-electron chi connectivity index (χ4n) is 2.88. The number of carbonyl (C=O) groups is 1. The van der Waals surface area contributed by atoms with Gasteiger partial charge in [0.2, 0.25) is 5.91 Å². The molecule has 116 valence electrons. The van der Waals surface area contributed by atoms with Gasteiger partial charge < -0.3 is 15.0 Å². The van der Waals surface area contributed by atoms with Crippen LogP contribution in [0.5, 0.6) is 5.75 Å². The van der Waals surface area contributed by atoms with Crippen molar-refractivity contribution in [2.45, 2.75) is 33.4 Å². The quantitative estimate of drug-likeness (QED) is 0.875. The Morgan fingerprint density at radius 1 is 1.43 bits per heavy atom. The van der Waals surface area contributed by atoms with Crippen LogP contribution >= 0.6 is 0 Å². The summed E-state index contributed by atoms with van der Waals surface area (Å²) >= 11 is 0. The molecule has 1 aliphatic heterocycles. The van der Waals surface area contributed by atoms with Gasteiger partial charge in [-0.1, -0.05) is 19.9 Å². The summed E-state index contributed by atoms with van der Waals surface area (Å²) in [5, 5.41) is 3.15. The highest BCUT2D eigenvalue weighted by Crippen LogP contribution is 2.28. The van der Waals surface area contributed by atoms with Gasteiger partial charge in [-0.25, -0.2) is 0 Å². The summed E-state index contributed by atoms with van der Waals surface area (Å²) in [6.07, 6.45) is 0.677. The van der Waals surface area contributed by atoms with Gasteiger partial charge in [0.15, 0.2) is 0 Å². The SMILES string of the molecule is CNCc1ccc(OC)c(CN2CC(C(C)C)CC2=O)c1. The van der Waals surface area contributed by atoms with Crippen LogP contribution in [0.15, 0.2) is 18.2 Å². The molecule has 1 heterocycles. The Balaban J connectivity index is 2.14. The van der Waals surface area contributed by atoms with Gasteiger partial charge in [0, 0.05) is 31.6 Å². The van der Waals surface area contributed by atoms with E-state index in [-0.39, 0.29) is 5.91 Å². The number of hydrogen-bond donors (Lipinski definition) is 1. The average Bonchev–Trinajstić information content (AvgIpc) is 2.81. The lowest BCUT2D eigenvalue weighted by Gasteiger charge is -2.20. The summed E-state index contributed by atoms with van der Waals surface area (Å²) in [7, 11) is 3.61. The second kappa shape index (κ2) is 6.94. The van der Waals surface area contributed by atoms with Gasteiger partial charge in [-0.3, -0.25) is 4.79 Å². The van der Waals surface area contributed by atoms with E-state index < -0.39 is 0 Å². The molecule has 0 bridgehead atoms. The molecule has 0 saturated carbocycles. The maximum atomic E-state index is 12.2. The molecule has 1 aliphatic rings. The molecule has 1 saturated heterocycles. The lowest BCUT2D eigenvalue weighted by Crippen LogP contribution is -2.25. The number of hydrogen-bond acceptors (Lipinski definition) is 3. The summed E-state index contributed by atoms with van der Waals surface area (Å²) in [5.41, 5.74) is 2.29. The number of amides is 1. The van der Waals surface area contributed by atoms with E-state index in [1.807, 2.05) is 18.0 Å². The lowest BCUT2D eigenvalue weighted by molar-refractivity contribution is -0.128. The van der Waals surface area contributed by atoms with E-state index in [2.05, 4.69) is 31.3 Å². The first kappa shape index (κ1) is 15.8. The van der Waals surface area contributed by atoms with Crippen LogP contribution in [0.25, 0.3) is 0 Å². The van der Waals surface area contributed by atoms with Gasteiger partial charge in [-0.2, -0.15) is 0 Å². The molecule has 1 amide bonds. The number of carbonyl (C=O) groups excluding carboxylic acids is 1. The van der Waals surface area contributed by atoms with Crippen LogP contribution in [0.3, 0.4) is 0 Å². The predicted molar refractivity (Wildman–Crippen MR) is 84.1 cm³/mol. The van der Waals surface area contributed by atoms with Crippen molar-refractivity contribution < 1.29 is 9.53 Å². The first-order chi connectivity index (χ1) is 10.0. The van der Waals surface area contributed by atoms with Crippen molar-refractivity contribution >= 4 is 5.91 Å². The summed E-state index contributed by atoms with van der Waals surface area (Å²) in [6.45, 7) is 6.70. The van der Waals surface area contributed by atoms with E-state index in [1.165, 1.54) is 5.56 Å². The summed E-state index contributed by atoms with van der Waals surface area (Å²) in [4.78, 5) is 14.1. The Hall–Kier alpha value is -1.55. The minimum absolute atomic E-state index is 0.259. The summed E-state index contributed by atoms with van der Waals surface area (Å²) in [6, 6.07) is 6.18. The largest absolute Gasteiger partial charge is 0.496 e. The third kappa shape index (κ3) is 3.76. The van der Waals surface area contributed by atoms with Gasteiger partial charge >= 0.3 is 0 Å². The first-order valence-electron chi connectivity index (χ1n) is 7.63. The van der Waals surface area contributed by atoms with E-state index >= 15 is 0 Å². The molecule has 4 heteroatoms. The monoisotopic (exact) mass is 290 g/mol. The zero-order chi connectivity index (χ0) is 15.4. The Labute approximate surface area is 127 Å². The first-order valence-corrected chi connectivity index (χ1v) is 7.63. The highest BCUT2D eigenvalue weighted by Gasteiger charge is 2.31. The fourth-order valence-corrected chi connectivity index (χ4v) is 2.88. The zero-order valence-electron chi connectivity index (χ0n) is 13.5. The van der Waals surface area contributed by atoms with Gasteiger partial charge in [-0.05, 0) is 36.6 Å². The lowest BCUT2D eigenvalue weighted by atomic mass is 9.95. The Morgan fingerprint density at radius 3 is 2.76 bits per heavy atom. The van der Waals surface area contributed by atoms with Crippen molar-refractivity contribution in [2.75, 3.05) is 20.7 Å². The molecule has 21 heavy (non-hydrogen) atoms. The molecule has 0 aliphatic carbocycles. The molecule has 1 unspecified atom stereocenters. The third-order valence-corrected chi connectivity index (χ3v) is 4.27. The fraction of sp³-hybridized carbons (Fsp3) is 0.588. The number of rotatable bonds is 6. The number of benzene rings is 1. The minimum atomic E-state index is 0.259. The number of nitrogens with zero attached hydrogens (tertiary/aromatic N) is 1.